The van der Waals surface area contributed by atoms with Gasteiger partial charge in [-0.05, 0) is 0 Å². The lowest BCUT2D eigenvalue weighted by molar-refractivity contribution is -0.137. The van der Waals surface area contributed by atoms with Crippen LogP contribution in [0, 0.1) is 0 Å². The predicted octanol–water partition coefficient (Wildman–Crippen LogP) is 2.64. The molecule has 7 heteroatoms. The maximum Gasteiger partial charge on any atom is 0.448 e. The standard InChI is InChI=1S/C5H4F6O/c1-12-3(5(9,10)11)2-4(6,7)8/h2H,1H3/b3-2-. The van der Waals surface area contributed by atoms with Crippen LogP contribution in [0.1, 0.15) is 0 Å². The van der Waals surface area contributed by atoms with Crippen LogP contribution in [0.2, 0.25) is 0 Å². The van der Waals surface area contributed by atoms with Crippen molar-refractivity contribution in [3.63, 3.8) is 0 Å². The molecule has 0 fully saturated rings. The van der Waals surface area contributed by atoms with E-state index in [9.17, 15) is 26.3 Å². The Kier molecular flexibility index (Phi) is 3.00. The van der Waals surface area contributed by atoms with Crippen molar-refractivity contribution in [3.05, 3.63) is 11.8 Å². The van der Waals surface area contributed by atoms with Gasteiger partial charge < -0.3 is 4.74 Å². The number of allylic oxidation sites excluding steroid dienone is 2. The van der Waals surface area contributed by atoms with E-state index in [0.717, 1.165) is 0 Å². The lowest BCUT2D eigenvalue weighted by Crippen LogP contribution is -2.17. The third-order valence-electron chi connectivity index (χ3n) is 0.794. The largest absolute Gasteiger partial charge is 0.492 e. The van der Waals surface area contributed by atoms with Gasteiger partial charge in [0.05, 0.1) is 13.2 Å². The van der Waals surface area contributed by atoms with Crippen LogP contribution in [0.15, 0.2) is 11.8 Å². The lowest BCUT2D eigenvalue weighted by atomic mass is 10.4. The maximum atomic E-state index is 11.6. The highest BCUT2D eigenvalue weighted by molar-refractivity contribution is 5.03. The molecule has 1 nitrogen and oxygen atoms in total. The van der Waals surface area contributed by atoms with E-state index < -0.39 is 24.2 Å². The molecule has 0 aromatic rings. The predicted molar refractivity (Wildman–Crippen MR) is 27.2 cm³/mol. The fourth-order valence-electron chi connectivity index (χ4n) is 0.405. The molecule has 0 saturated heterocycles. The van der Waals surface area contributed by atoms with Crippen molar-refractivity contribution in [3.8, 4) is 0 Å². The summed E-state index contributed by atoms with van der Waals surface area (Å²) in [7, 11) is 0.519. The van der Waals surface area contributed by atoms with Gasteiger partial charge in [0.15, 0.2) is 0 Å². The van der Waals surface area contributed by atoms with Crippen LogP contribution in [0.5, 0.6) is 0 Å². The Morgan fingerprint density at radius 3 is 1.58 bits per heavy atom. The molecule has 0 aliphatic heterocycles. The molecule has 0 aliphatic rings. The van der Waals surface area contributed by atoms with Crippen LogP contribution in [0.3, 0.4) is 0 Å². The van der Waals surface area contributed by atoms with Crippen LogP contribution in [-0.4, -0.2) is 19.5 Å². The first kappa shape index (κ1) is 11.1. The molecule has 0 aromatic carbocycles. The summed E-state index contributed by atoms with van der Waals surface area (Å²) in [5, 5.41) is 0. The van der Waals surface area contributed by atoms with Crippen molar-refractivity contribution in [1.29, 1.82) is 0 Å². The summed E-state index contributed by atoms with van der Waals surface area (Å²) in [4.78, 5) is 0. The van der Waals surface area contributed by atoms with Gasteiger partial charge in [0, 0.05) is 0 Å². The van der Waals surface area contributed by atoms with Crippen LogP contribution in [0.25, 0.3) is 0 Å². The van der Waals surface area contributed by atoms with Gasteiger partial charge >= 0.3 is 12.4 Å². The summed E-state index contributed by atoms with van der Waals surface area (Å²) >= 11 is 0. The zero-order valence-corrected chi connectivity index (χ0v) is 5.75. The van der Waals surface area contributed by atoms with Crippen molar-refractivity contribution >= 4 is 0 Å². The Hall–Kier alpha value is -0.880. The topological polar surface area (TPSA) is 9.23 Å². The van der Waals surface area contributed by atoms with Crippen molar-refractivity contribution in [2.45, 2.75) is 12.4 Å². The summed E-state index contributed by atoms with van der Waals surface area (Å²) in [6.07, 6.45) is -11.1. The van der Waals surface area contributed by atoms with Gasteiger partial charge in [-0.3, -0.25) is 0 Å². The van der Waals surface area contributed by atoms with Crippen molar-refractivity contribution in [1.82, 2.24) is 0 Å². The van der Waals surface area contributed by atoms with Crippen LogP contribution >= 0.6 is 0 Å². The first-order valence-electron chi connectivity index (χ1n) is 2.57. The minimum absolute atomic E-state index is 0.519. The average molecular weight is 194 g/mol. The molecule has 72 valence electrons. The molecule has 0 saturated carbocycles. The molecule has 0 heterocycles. The van der Waals surface area contributed by atoms with Crippen LogP contribution in [0.4, 0.5) is 26.3 Å². The summed E-state index contributed by atoms with van der Waals surface area (Å²) in [5.74, 6) is -2.06. The highest BCUT2D eigenvalue weighted by Crippen LogP contribution is 2.30. The Bertz CT molecular complexity index is 175. The molecule has 0 bridgehead atoms. The van der Waals surface area contributed by atoms with Gasteiger partial charge in [-0.15, -0.1) is 0 Å². The van der Waals surface area contributed by atoms with Crippen LogP contribution < -0.4 is 0 Å². The molecule has 0 atom stereocenters. The van der Waals surface area contributed by atoms with E-state index >= 15 is 0 Å². The van der Waals surface area contributed by atoms with Crippen molar-refractivity contribution in [2.75, 3.05) is 7.11 Å². The van der Waals surface area contributed by atoms with Gasteiger partial charge in [0.25, 0.3) is 0 Å². The second-order valence-electron chi connectivity index (χ2n) is 1.75. The van der Waals surface area contributed by atoms with Gasteiger partial charge in [-0.2, -0.15) is 26.3 Å². The first-order valence-corrected chi connectivity index (χ1v) is 2.57. The van der Waals surface area contributed by atoms with Gasteiger partial charge in [0.1, 0.15) is 0 Å². The minimum Gasteiger partial charge on any atom is -0.492 e. The van der Waals surface area contributed by atoms with Gasteiger partial charge in [0.2, 0.25) is 5.76 Å². The first-order chi connectivity index (χ1) is 5.17. The van der Waals surface area contributed by atoms with E-state index in [0.29, 0.717) is 7.11 Å². The zero-order chi connectivity index (χ0) is 9.99. The number of halogens is 6. The van der Waals surface area contributed by atoms with E-state index in [-0.39, 0.29) is 0 Å². The van der Waals surface area contributed by atoms with Gasteiger partial charge in [-0.1, -0.05) is 0 Å². The fourth-order valence-corrected chi connectivity index (χ4v) is 0.405. The SMILES string of the molecule is CO/C(=C\C(F)(F)F)C(F)(F)F. The summed E-state index contributed by atoms with van der Waals surface area (Å²) in [6, 6.07) is 0. The molecule has 0 radical (unpaired) electrons. The molecule has 0 unspecified atom stereocenters. The number of ether oxygens (including phenoxy) is 1. The molecule has 0 rings (SSSR count). The van der Waals surface area contributed by atoms with E-state index in [1.807, 2.05) is 0 Å². The summed E-state index contributed by atoms with van der Waals surface area (Å²) in [6.45, 7) is 0. The molecule has 0 amide bonds. The Labute approximate surface area is 63.6 Å². The maximum absolute atomic E-state index is 11.6. The van der Waals surface area contributed by atoms with Gasteiger partial charge in [-0.25, -0.2) is 0 Å². The molecule has 0 aliphatic carbocycles. The molecule has 0 aromatic heterocycles. The summed E-state index contributed by atoms with van der Waals surface area (Å²) < 4.78 is 72.3. The third kappa shape index (κ3) is 4.09. The van der Waals surface area contributed by atoms with E-state index in [1.54, 1.807) is 0 Å². The molecule has 12 heavy (non-hydrogen) atoms. The number of rotatable bonds is 1. The van der Waals surface area contributed by atoms with E-state index in [2.05, 4.69) is 4.74 Å². The molecular weight excluding hydrogens is 190 g/mol. The fraction of sp³-hybridized carbons (Fsp3) is 0.600. The zero-order valence-electron chi connectivity index (χ0n) is 5.75. The second-order valence-corrected chi connectivity index (χ2v) is 1.75. The quantitative estimate of drug-likeness (QED) is 0.460. The van der Waals surface area contributed by atoms with Crippen LogP contribution in [-0.2, 0) is 4.74 Å². The normalized spacial score (nSPS) is 14.8. The summed E-state index contributed by atoms with van der Waals surface area (Å²) in [5.41, 5.74) is 0. The lowest BCUT2D eigenvalue weighted by Gasteiger charge is -2.10. The van der Waals surface area contributed by atoms with E-state index in [4.69, 9.17) is 0 Å². The monoisotopic (exact) mass is 194 g/mol. The van der Waals surface area contributed by atoms with E-state index in [1.165, 1.54) is 0 Å². The number of hydrogen-bond acceptors (Lipinski definition) is 1. The Balaban J connectivity index is 4.68. The molecule has 0 N–H and O–H groups in total. The number of hydrogen-bond donors (Lipinski definition) is 0. The average Bonchev–Trinajstić information content (AvgIpc) is 1.78. The highest BCUT2D eigenvalue weighted by Gasteiger charge is 2.39. The van der Waals surface area contributed by atoms with Crippen molar-refractivity contribution < 1.29 is 31.1 Å². The molecular formula is C5H4F6O. The smallest absolute Gasteiger partial charge is 0.448 e. The Morgan fingerprint density at radius 1 is 1.08 bits per heavy atom. The molecule has 0 spiro atoms. The Morgan fingerprint density at radius 2 is 1.50 bits per heavy atom. The third-order valence-corrected chi connectivity index (χ3v) is 0.794. The highest BCUT2D eigenvalue weighted by atomic mass is 19.4. The minimum atomic E-state index is -5.11. The second kappa shape index (κ2) is 3.24. The number of alkyl halides is 6. The number of methoxy groups -OCH3 is 1. The van der Waals surface area contributed by atoms with Crippen molar-refractivity contribution in [2.24, 2.45) is 0 Å².